The summed E-state index contributed by atoms with van der Waals surface area (Å²) >= 11 is 1.38. The summed E-state index contributed by atoms with van der Waals surface area (Å²) in [6.45, 7) is -0.0163. The number of nitrogens with zero attached hydrogens (tertiary/aromatic N) is 3. The van der Waals surface area contributed by atoms with Gasteiger partial charge in [-0.15, -0.1) is 11.3 Å². The first-order chi connectivity index (χ1) is 14.1. The van der Waals surface area contributed by atoms with Crippen molar-refractivity contribution in [2.75, 3.05) is 11.9 Å². The molecule has 0 unspecified atom stereocenters. The molecule has 4 rings (SSSR count). The number of anilines is 1. The Bertz CT molecular complexity index is 951. The molecule has 8 nitrogen and oxygen atoms in total. The van der Waals surface area contributed by atoms with Crippen molar-refractivity contribution in [3.05, 3.63) is 47.5 Å². The van der Waals surface area contributed by atoms with Gasteiger partial charge >= 0.3 is 0 Å². The largest absolute Gasteiger partial charge is 0.375 e. The number of alkyl halides is 1. The minimum atomic E-state index is -1.15. The van der Waals surface area contributed by atoms with Crippen LogP contribution in [0.5, 0.6) is 0 Å². The van der Waals surface area contributed by atoms with Crippen LogP contribution in [0.25, 0.3) is 10.6 Å². The van der Waals surface area contributed by atoms with Gasteiger partial charge in [0.15, 0.2) is 0 Å². The monoisotopic (exact) mass is 416 g/mol. The third-order valence-corrected chi connectivity index (χ3v) is 5.71. The van der Waals surface area contributed by atoms with Gasteiger partial charge in [0.2, 0.25) is 0 Å². The maximum atomic E-state index is 13.7. The van der Waals surface area contributed by atoms with Gasteiger partial charge in [0, 0.05) is 35.8 Å². The van der Waals surface area contributed by atoms with Gasteiger partial charge in [0.1, 0.15) is 16.9 Å². The van der Waals surface area contributed by atoms with Crippen molar-refractivity contribution in [2.24, 2.45) is 5.73 Å². The normalized spacial score (nSPS) is 22.2. The molecule has 3 aromatic rings. The van der Waals surface area contributed by atoms with Gasteiger partial charge in [0.25, 0.3) is 5.91 Å². The Balaban J connectivity index is 1.41. The molecule has 1 aliphatic rings. The zero-order valence-corrected chi connectivity index (χ0v) is 16.4. The van der Waals surface area contributed by atoms with Gasteiger partial charge in [-0.05, 0) is 25.0 Å². The SMILES string of the molecule is N[C@@H]1CC[C@@H](Cc2[nH]ncc2NC(=O)c2csc(-c3cccnc3)n2)OC[C@H]1F. The minimum Gasteiger partial charge on any atom is -0.375 e. The quantitative estimate of drug-likeness (QED) is 0.588. The fraction of sp³-hybridized carbons (Fsp3) is 0.368. The zero-order valence-electron chi connectivity index (χ0n) is 15.5. The number of H-pyrrole nitrogens is 1. The predicted molar refractivity (Wildman–Crippen MR) is 107 cm³/mol. The molecule has 0 bridgehead atoms. The molecule has 0 radical (unpaired) electrons. The summed E-state index contributed by atoms with van der Waals surface area (Å²) in [5.74, 6) is -0.327. The van der Waals surface area contributed by atoms with E-state index in [1.807, 2.05) is 12.1 Å². The van der Waals surface area contributed by atoms with E-state index < -0.39 is 12.2 Å². The number of rotatable bonds is 5. The average Bonchev–Trinajstić information content (AvgIpc) is 3.36. The van der Waals surface area contributed by atoms with E-state index in [0.29, 0.717) is 30.6 Å². The molecule has 152 valence electrons. The number of aromatic amines is 1. The third-order valence-electron chi connectivity index (χ3n) is 4.82. The average molecular weight is 416 g/mol. The summed E-state index contributed by atoms with van der Waals surface area (Å²) in [7, 11) is 0. The number of carbonyl (C=O) groups excluding carboxylic acids is 1. The van der Waals surface area contributed by atoms with E-state index in [-0.39, 0.29) is 18.6 Å². The fourth-order valence-corrected chi connectivity index (χ4v) is 3.94. The van der Waals surface area contributed by atoms with Gasteiger partial charge in [-0.2, -0.15) is 5.10 Å². The smallest absolute Gasteiger partial charge is 0.275 e. The van der Waals surface area contributed by atoms with Crippen LogP contribution >= 0.6 is 11.3 Å². The first-order valence-corrected chi connectivity index (χ1v) is 10.2. The van der Waals surface area contributed by atoms with Crippen LogP contribution in [0.2, 0.25) is 0 Å². The second-order valence-electron chi connectivity index (χ2n) is 6.91. The van der Waals surface area contributed by atoms with Crippen molar-refractivity contribution < 1.29 is 13.9 Å². The van der Waals surface area contributed by atoms with Crippen molar-refractivity contribution >= 4 is 22.9 Å². The van der Waals surface area contributed by atoms with Crippen LogP contribution in [0.15, 0.2) is 36.1 Å². The van der Waals surface area contributed by atoms with Crippen LogP contribution in [0, 0.1) is 0 Å². The van der Waals surface area contributed by atoms with Crippen LogP contribution in [0.1, 0.15) is 29.0 Å². The molecule has 1 aliphatic heterocycles. The number of amides is 1. The lowest BCUT2D eigenvalue weighted by molar-refractivity contribution is 0.0295. The third kappa shape index (κ3) is 4.66. The molecule has 1 saturated heterocycles. The molecule has 0 aliphatic carbocycles. The molecular weight excluding hydrogens is 395 g/mol. The van der Waals surface area contributed by atoms with Crippen molar-refractivity contribution in [1.29, 1.82) is 0 Å². The number of halogens is 1. The van der Waals surface area contributed by atoms with Crippen molar-refractivity contribution in [1.82, 2.24) is 20.2 Å². The Hall–Kier alpha value is -2.69. The Labute approximate surface area is 170 Å². The number of aromatic nitrogens is 4. The molecule has 1 amide bonds. The van der Waals surface area contributed by atoms with Crippen LogP contribution in [0.3, 0.4) is 0 Å². The minimum absolute atomic E-state index is 0.0163. The molecule has 1 fully saturated rings. The van der Waals surface area contributed by atoms with Crippen LogP contribution < -0.4 is 11.1 Å². The van der Waals surface area contributed by atoms with Gasteiger partial charge < -0.3 is 15.8 Å². The van der Waals surface area contributed by atoms with Crippen LogP contribution in [-0.4, -0.2) is 51.0 Å². The molecule has 10 heteroatoms. The van der Waals surface area contributed by atoms with E-state index in [1.165, 1.54) is 11.3 Å². The lowest BCUT2D eigenvalue weighted by Gasteiger charge is -2.15. The summed E-state index contributed by atoms with van der Waals surface area (Å²) in [5.41, 5.74) is 8.23. The second kappa shape index (κ2) is 8.76. The van der Waals surface area contributed by atoms with E-state index in [2.05, 4.69) is 25.5 Å². The number of ether oxygens (including phenoxy) is 1. The lowest BCUT2D eigenvalue weighted by Crippen LogP contribution is -2.32. The lowest BCUT2D eigenvalue weighted by atomic mass is 10.0. The highest BCUT2D eigenvalue weighted by Crippen LogP contribution is 2.25. The number of carbonyl (C=O) groups is 1. The molecule has 3 atom stereocenters. The fourth-order valence-electron chi connectivity index (χ4n) is 3.15. The number of hydrogen-bond acceptors (Lipinski definition) is 7. The summed E-state index contributed by atoms with van der Waals surface area (Å²) in [5, 5.41) is 12.2. The topological polar surface area (TPSA) is 119 Å². The second-order valence-corrected chi connectivity index (χ2v) is 7.77. The Kier molecular flexibility index (Phi) is 5.93. The number of nitrogens with two attached hydrogens (primary N) is 1. The Morgan fingerprint density at radius 1 is 1.41 bits per heavy atom. The van der Waals surface area contributed by atoms with Gasteiger partial charge in [-0.25, -0.2) is 9.37 Å². The molecule has 0 saturated carbocycles. The first kappa shape index (κ1) is 19.6. The van der Waals surface area contributed by atoms with E-state index >= 15 is 0 Å². The number of pyridine rings is 1. The highest BCUT2D eigenvalue weighted by Gasteiger charge is 2.26. The van der Waals surface area contributed by atoms with Gasteiger partial charge in [-0.3, -0.25) is 14.9 Å². The molecule has 3 aromatic heterocycles. The van der Waals surface area contributed by atoms with E-state index in [4.69, 9.17) is 10.5 Å². The molecular formula is C19H21FN6O2S. The molecule has 4 N–H and O–H groups in total. The summed E-state index contributed by atoms with van der Waals surface area (Å²) in [6.07, 6.45) is 5.27. The number of hydrogen-bond donors (Lipinski definition) is 3. The summed E-state index contributed by atoms with van der Waals surface area (Å²) in [4.78, 5) is 21.1. The maximum Gasteiger partial charge on any atom is 0.275 e. The van der Waals surface area contributed by atoms with Crippen molar-refractivity contribution in [3.63, 3.8) is 0 Å². The highest BCUT2D eigenvalue weighted by molar-refractivity contribution is 7.13. The van der Waals surface area contributed by atoms with Crippen LogP contribution in [-0.2, 0) is 11.2 Å². The van der Waals surface area contributed by atoms with Gasteiger partial charge in [-0.1, -0.05) is 0 Å². The standard InChI is InChI=1S/C19H21FN6O2S/c20-13-9-28-12(3-4-14(13)21)6-15-16(8-23-26-15)24-18(27)17-10-29-19(25-17)11-2-1-5-22-7-11/h1-2,5,7-8,10,12-14H,3-4,6,9,21H2,(H,23,26)(H,24,27)/t12-,13+,14+/m0/s1. The van der Waals surface area contributed by atoms with E-state index in [1.54, 1.807) is 24.0 Å². The van der Waals surface area contributed by atoms with Crippen LogP contribution in [0.4, 0.5) is 10.1 Å². The van der Waals surface area contributed by atoms with E-state index in [9.17, 15) is 9.18 Å². The Morgan fingerprint density at radius 2 is 2.31 bits per heavy atom. The summed E-state index contributed by atoms with van der Waals surface area (Å²) < 4.78 is 19.3. The Morgan fingerprint density at radius 3 is 3.14 bits per heavy atom. The van der Waals surface area contributed by atoms with Crippen molar-refractivity contribution in [3.8, 4) is 10.6 Å². The summed E-state index contributed by atoms with van der Waals surface area (Å²) in [6, 6.07) is 3.21. The van der Waals surface area contributed by atoms with Crippen molar-refractivity contribution in [2.45, 2.75) is 37.6 Å². The zero-order chi connectivity index (χ0) is 20.2. The number of thiazole rings is 1. The molecule has 4 heterocycles. The highest BCUT2D eigenvalue weighted by atomic mass is 32.1. The molecule has 0 spiro atoms. The predicted octanol–water partition coefficient (Wildman–Crippen LogP) is 2.57. The first-order valence-electron chi connectivity index (χ1n) is 9.31. The molecule has 29 heavy (non-hydrogen) atoms. The number of nitrogens with one attached hydrogen (secondary N) is 2. The van der Waals surface area contributed by atoms with Gasteiger partial charge in [0.05, 0.1) is 30.3 Å². The maximum absolute atomic E-state index is 13.7. The molecule has 0 aromatic carbocycles. The van der Waals surface area contributed by atoms with E-state index in [0.717, 1.165) is 16.3 Å².